The molecule has 0 bridgehead atoms. The number of hydrogen-bond acceptors (Lipinski definition) is 5. The van der Waals surface area contributed by atoms with Gasteiger partial charge in [0, 0.05) is 18.8 Å². The van der Waals surface area contributed by atoms with Crippen molar-refractivity contribution in [3.8, 4) is 5.69 Å². The molecule has 2 aromatic rings. The van der Waals surface area contributed by atoms with Crippen LogP contribution in [0.1, 0.15) is 25.6 Å². The van der Waals surface area contributed by atoms with Crippen LogP contribution in [0.3, 0.4) is 0 Å². The largest absolute Gasteiger partial charge is 0.376 e. The predicted molar refractivity (Wildman–Crippen MR) is 93.4 cm³/mol. The number of carbonyl (C=O) groups excluding carboxylic acids is 1. The maximum Gasteiger partial charge on any atom is 0.233 e. The monoisotopic (exact) mass is 346 g/mol. The number of carbonyl (C=O) groups is 1. The first kappa shape index (κ1) is 17.0. The summed E-state index contributed by atoms with van der Waals surface area (Å²) in [5.41, 5.74) is 0.995. The van der Waals surface area contributed by atoms with Crippen LogP contribution >= 0.6 is 11.8 Å². The maximum atomic E-state index is 12.3. The molecule has 2 atom stereocenters. The Morgan fingerprint density at radius 2 is 2.21 bits per heavy atom. The third-order valence-electron chi connectivity index (χ3n) is 3.99. The van der Waals surface area contributed by atoms with Crippen LogP contribution in [0.25, 0.3) is 5.69 Å². The van der Waals surface area contributed by atoms with E-state index in [1.807, 2.05) is 48.7 Å². The average molecular weight is 346 g/mol. The van der Waals surface area contributed by atoms with Crippen molar-refractivity contribution >= 4 is 17.7 Å². The Balaban J connectivity index is 1.64. The molecule has 1 aliphatic rings. The highest BCUT2D eigenvalue weighted by Crippen LogP contribution is 2.25. The first-order valence-electron chi connectivity index (χ1n) is 8.18. The number of aryl methyl sites for hydroxylation is 1. The molecule has 1 aliphatic heterocycles. The lowest BCUT2D eigenvalue weighted by Crippen LogP contribution is -2.36. The van der Waals surface area contributed by atoms with Crippen molar-refractivity contribution in [3.63, 3.8) is 0 Å². The number of hydrogen-bond donors (Lipinski definition) is 1. The number of benzene rings is 1. The van der Waals surface area contributed by atoms with Gasteiger partial charge in [-0.25, -0.2) is 0 Å². The highest BCUT2D eigenvalue weighted by molar-refractivity contribution is 8.00. The molecule has 1 fully saturated rings. The minimum Gasteiger partial charge on any atom is -0.376 e. The van der Waals surface area contributed by atoms with E-state index < -0.39 is 0 Å². The minimum absolute atomic E-state index is 0.00392. The van der Waals surface area contributed by atoms with Crippen molar-refractivity contribution in [2.24, 2.45) is 0 Å². The van der Waals surface area contributed by atoms with Crippen LogP contribution in [0.5, 0.6) is 0 Å². The zero-order chi connectivity index (χ0) is 16.9. The standard InChI is InChI=1S/C17H22N4O2S/c1-12(16(22)18-11-15-9-6-10-23-15)24-17-20-19-13(2)21(17)14-7-4-3-5-8-14/h3-5,7-8,12,15H,6,9-11H2,1-2H3,(H,18,22)/t12-,15-/m0/s1. The number of thioether (sulfide) groups is 1. The third-order valence-corrected chi connectivity index (χ3v) is 5.03. The van der Waals surface area contributed by atoms with Gasteiger partial charge < -0.3 is 10.1 Å². The normalized spacial score (nSPS) is 18.5. The number of para-hydroxylation sites is 1. The Hall–Kier alpha value is -1.86. The number of nitrogens with zero attached hydrogens (tertiary/aromatic N) is 3. The first-order valence-corrected chi connectivity index (χ1v) is 9.06. The number of ether oxygens (including phenoxy) is 1. The summed E-state index contributed by atoms with van der Waals surface area (Å²) in [4.78, 5) is 12.3. The molecule has 128 valence electrons. The first-order chi connectivity index (χ1) is 11.6. The second-order valence-corrected chi connectivity index (χ2v) is 7.15. The fourth-order valence-corrected chi connectivity index (χ4v) is 3.61. The molecule has 1 amide bonds. The fraction of sp³-hybridized carbons (Fsp3) is 0.471. The molecule has 7 heteroatoms. The molecular formula is C17H22N4O2S. The summed E-state index contributed by atoms with van der Waals surface area (Å²) in [5, 5.41) is 11.8. The average Bonchev–Trinajstić information content (AvgIpc) is 3.23. The lowest BCUT2D eigenvalue weighted by molar-refractivity contribution is -0.120. The second kappa shape index (κ2) is 7.81. The molecule has 1 aromatic carbocycles. The van der Waals surface area contributed by atoms with E-state index in [1.165, 1.54) is 11.8 Å². The Morgan fingerprint density at radius 1 is 1.42 bits per heavy atom. The van der Waals surface area contributed by atoms with Crippen molar-refractivity contribution in [3.05, 3.63) is 36.2 Å². The summed E-state index contributed by atoms with van der Waals surface area (Å²) in [6, 6.07) is 9.92. The van der Waals surface area contributed by atoms with Gasteiger partial charge in [-0.05, 0) is 38.8 Å². The zero-order valence-corrected chi connectivity index (χ0v) is 14.8. The van der Waals surface area contributed by atoms with Crippen molar-refractivity contribution in [1.82, 2.24) is 20.1 Å². The highest BCUT2D eigenvalue weighted by Gasteiger charge is 2.22. The molecule has 0 spiro atoms. The molecule has 0 unspecified atom stereocenters. The highest BCUT2D eigenvalue weighted by atomic mass is 32.2. The summed E-state index contributed by atoms with van der Waals surface area (Å²) >= 11 is 1.41. The molecule has 1 aromatic heterocycles. The number of nitrogens with one attached hydrogen (secondary N) is 1. The summed E-state index contributed by atoms with van der Waals surface area (Å²) < 4.78 is 7.50. The predicted octanol–water partition coefficient (Wildman–Crippen LogP) is 2.35. The van der Waals surface area contributed by atoms with Crippen LogP contribution in [-0.2, 0) is 9.53 Å². The van der Waals surface area contributed by atoms with Crippen molar-refractivity contribution in [1.29, 1.82) is 0 Å². The van der Waals surface area contributed by atoms with Gasteiger partial charge in [-0.15, -0.1) is 10.2 Å². The summed E-state index contributed by atoms with van der Waals surface area (Å²) in [5.74, 6) is 0.798. The van der Waals surface area contributed by atoms with Gasteiger partial charge >= 0.3 is 0 Å². The van der Waals surface area contributed by atoms with Gasteiger partial charge in [-0.1, -0.05) is 30.0 Å². The van der Waals surface area contributed by atoms with Crippen molar-refractivity contribution < 1.29 is 9.53 Å². The van der Waals surface area contributed by atoms with Gasteiger partial charge in [0.1, 0.15) is 5.82 Å². The Bertz CT molecular complexity index is 683. The topological polar surface area (TPSA) is 69.0 Å². The maximum absolute atomic E-state index is 12.3. The molecule has 6 nitrogen and oxygen atoms in total. The van der Waals surface area contributed by atoms with E-state index in [2.05, 4.69) is 15.5 Å². The quantitative estimate of drug-likeness (QED) is 0.813. The van der Waals surface area contributed by atoms with Crippen LogP contribution in [-0.4, -0.2) is 45.2 Å². The Labute approximate surface area is 146 Å². The molecule has 0 saturated carbocycles. The summed E-state index contributed by atoms with van der Waals surface area (Å²) in [7, 11) is 0. The van der Waals surface area contributed by atoms with E-state index in [1.54, 1.807) is 0 Å². The van der Waals surface area contributed by atoms with E-state index >= 15 is 0 Å². The van der Waals surface area contributed by atoms with Crippen molar-refractivity contribution in [2.75, 3.05) is 13.2 Å². The van der Waals surface area contributed by atoms with Crippen molar-refractivity contribution in [2.45, 2.75) is 43.2 Å². The summed E-state index contributed by atoms with van der Waals surface area (Å²) in [6.45, 7) is 5.17. The molecule has 1 N–H and O–H groups in total. The summed E-state index contributed by atoms with van der Waals surface area (Å²) in [6.07, 6.45) is 2.24. The minimum atomic E-state index is -0.252. The Morgan fingerprint density at radius 3 is 2.92 bits per heavy atom. The molecule has 3 rings (SSSR count). The van der Waals surface area contributed by atoms with Gasteiger partial charge in [-0.2, -0.15) is 0 Å². The third kappa shape index (κ3) is 3.96. The van der Waals surface area contributed by atoms with Gasteiger partial charge in [0.2, 0.25) is 5.91 Å². The Kier molecular flexibility index (Phi) is 5.52. The molecular weight excluding hydrogens is 324 g/mol. The molecule has 1 saturated heterocycles. The smallest absolute Gasteiger partial charge is 0.233 e. The zero-order valence-electron chi connectivity index (χ0n) is 13.9. The van der Waals surface area contributed by atoms with E-state index in [4.69, 9.17) is 4.74 Å². The lowest BCUT2D eigenvalue weighted by Gasteiger charge is -2.15. The number of aromatic nitrogens is 3. The van der Waals surface area contributed by atoms with Gasteiger partial charge in [0.05, 0.1) is 11.4 Å². The van der Waals surface area contributed by atoms with Crippen LogP contribution < -0.4 is 5.32 Å². The van der Waals surface area contributed by atoms with Crippen LogP contribution in [0.2, 0.25) is 0 Å². The van der Waals surface area contributed by atoms with E-state index in [9.17, 15) is 4.79 Å². The number of amides is 1. The fourth-order valence-electron chi connectivity index (χ4n) is 2.67. The molecule has 0 radical (unpaired) electrons. The number of rotatable bonds is 6. The van der Waals surface area contributed by atoms with Gasteiger partial charge in [0.25, 0.3) is 0 Å². The molecule has 0 aliphatic carbocycles. The van der Waals surface area contributed by atoms with E-state index in [-0.39, 0.29) is 17.3 Å². The van der Waals surface area contributed by atoms with E-state index in [0.717, 1.165) is 36.1 Å². The van der Waals surface area contributed by atoms with E-state index in [0.29, 0.717) is 6.54 Å². The SMILES string of the molecule is Cc1nnc(S[C@@H](C)C(=O)NC[C@@H]2CCCO2)n1-c1ccccc1. The molecule has 2 heterocycles. The second-order valence-electron chi connectivity index (χ2n) is 5.84. The van der Waals surface area contributed by atoms with Crippen LogP contribution in [0, 0.1) is 6.92 Å². The van der Waals surface area contributed by atoms with Gasteiger partial charge in [0.15, 0.2) is 5.16 Å². The molecule has 24 heavy (non-hydrogen) atoms. The van der Waals surface area contributed by atoms with Crippen LogP contribution in [0.15, 0.2) is 35.5 Å². The van der Waals surface area contributed by atoms with Gasteiger partial charge in [-0.3, -0.25) is 9.36 Å². The lowest BCUT2D eigenvalue weighted by atomic mass is 10.2. The van der Waals surface area contributed by atoms with Crippen LogP contribution in [0.4, 0.5) is 0 Å².